The molecule has 0 saturated carbocycles. The van der Waals surface area contributed by atoms with Crippen molar-refractivity contribution in [1.82, 2.24) is 10.2 Å². The first-order valence-corrected chi connectivity index (χ1v) is 6.16. The van der Waals surface area contributed by atoms with Crippen molar-refractivity contribution in [2.24, 2.45) is 11.8 Å². The van der Waals surface area contributed by atoms with Gasteiger partial charge >= 0.3 is 0 Å². The molecule has 1 aromatic heterocycles. The molecule has 2 saturated heterocycles. The van der Waals surface area contributed by atoms with Gasteiger partial charge in [-0.3, -0.25) is 4.90 Å². The number of hydrogen-bond donors (Lipinski definition) is 1. The minimum Gasteiger partial charge on any atom is -0.468 e. The van der Waals surface area contributed by atoms with Crippen LogP contribution >= 0.6 is 0 Å². The summed E-state index contributed by atoms with van der Waals surface area (Å²) in [4.78, 5) is 2.57. The predicted octanol–water partition coefficient (Wildman–Crippen LogP) is 1.71. The normalized spacial score (nSPS) is 33.1. The maximum atomic E-state index is 5.45. The molecule has 2 aliphatic rings. The van der Waals surface area contributed by atoms with Gasteiger partial charge in [-0.1, -0.05) is 0 Å². The summed E-state index contributed by atoms with van der Waals surface area (Å²) in [5.41, 5.74) is 0.293. The average Bonchev–Trinajstić information content (AvgIpc) is 2.89. The van der Waals surface area contributed by atoms with Crippen molar-refractivity contribution >= 4 is 0 Å². The third-order valence-electron chi connectivity index (χ3n) is 4.44. The first-order valence-electron chi connectivity index (χ1n) is 6.16. The summed E-state index contributed by atoms with van der Waals surface area (Å²) in [6.45, 7) is 9.24. The van der Waals surface area contributed by atoms with Gasteiger partial charge in [0.15, 0.2) is 0 Å². The topological polar surface area (TPSA) is 28.4 Å². The number of likely N-dealkylation sites (tertiary alicyclic amines) is 1. The molecule has 1 aromatic rings. The standard InChI is InChI=1S/C13H20N2O/c1-13(2)12-7-14-6-10(12)8-15(13)9-11-4-3-5-16-11/h3-5,10,12,14H,6-9H2,1-2H3. The van der Waals surface area contributed by atoms with E-state index in [-0.39, 0.29) is 0 Å². The molecule has 16 heavy (non-hydrogen) atoms. The second kappa shape index (κ2) is 3.60. The minimum atomic E-state index is 0.293. The van der Waals surface area contributed by atoms with E-state index >= 15 is 0 Å². The van der Waals surface area contributed by atoms with Crippen molar-refractivity contribution in [3.63, 3.8) is 0 Å². The van der Waals surface area contributed by atoms with E-state index in [1.54, 1.807) is 6.26 Å². The molecule has 2 fully saturated rings. The molecule has 0 aliphatic carbocycles. The Labute approximate surface area is 96.8 Å². The summed E-state index contributed by atoms with van der Waals surface area (Å²) in [5.74, 6) is 2.70. The van der Waals surface area contributed by atoms with Crippen molar-refractivity contribution in [2.45, 2.75) is 25.9 Å². The van der Waals surface area contributed by atoms with E-state index in [2.05, 4.69) is 30.1 Å². The zero-order chi connectivity index (χ0) is 11.2. The van der Waals surface area contributed by atoms with E-state index in [0.29, 0.717) is 5.54 Å². The second-order valence-electron chi connectivity index (χ2n) is 5.64. The van der Waals surface area contributed by atoms with Crippen LogP contribution in [-0.2, 0) is 6.54 Å². The Hall–Kier alpha value is -0.800. The molecule has 0 radical (unpaired) electrons. The van der Waals surface area contributed by atoms with Crippen molar-refractivity contribution in [2.75, 3.05) is 19.6 Å². The van der Waals surface area contributed by atoms with Crippen LogP contribution in [0.4, 0.5) is 0 Å². The van der Waals surface area contributed by atoms with Crippen LogP contribution in [0.15, 0.2) is 22.8 Å². The molecule has 0 aromatic carbocycles. The molecule has 3 rings (SSSR count). The first kappa shape index (κ1) is 10.4. The van der Waals surface area contributed by atoms with Crippen LogP contribution in [0.25, 0.3) is 0 Å². The van der Waals surface area contributed by atoms with Gasteiger partial charge in [-0.15, -0.1) is 0 Å². The molecule has 1 N–H and O–H groups in total. The van der Waals surface area contributed by atoms with Crippen LogP contribution < -0.4 is 5.32 Å². The Kier molecular flexibility index (Phi) is 2.33. The van der Waals surface area contributed by atoms with Gasteiger partial charge in [-0.2, -0.15) is 0 Å². The molecule has 0 amide bonds. The van der Waals surface area contributed by atoms with E-state index < -0.39 is 0 Å². The Morgan fingerprint density at radius 2 is 2.38 bits per heavy atom. The van der Waals surface area contributed by atoms with Gasteiger partial charge in [0.1, 0.15) is 5.76 Å². The predicted molar refractivity (Wildman–Crippen MR) is 63.0 cm³/mol. The number of fused-ring (bicyclic) bond motifs is 1. The molecule has 2 unspecified atom stereocenters. The highest BCUT2D eigenvalue weighted by Gasteiger charge is 2.49. The Bertz CT molecular complexity index is 358. The van der Waals surface area contributed by atoms with E-state index in [9.17, 15) is 0 Å². The van der Waals surface area contributed by atoms with Crippen LogP contribution in [0.3, 0.4) is 0 Å². The summed E-state index contributed by atoms with van der Waals surface area (Å²) in [6, 6.07) is 4.04. The number of nitrogens with zero attached hydrogens (tertiary/aromatic N) is 1. The van der Waals surface area contributed by atoms with Gasteiger partial charge in [0, 0.05) is 18.6 Å². The third-order valence-corrected chi connectivity index (χ3v) is 4.44. The molecule has 3 heterocycles. The Morgan fingerprint density at radius 1 is 1.50 bits per heavy atom. The zero-order valence-electron chi connectivity index (χ0n) is 10.1. The van der Waals surface area contributed by atoms with Crippen LogP contribution in [0.1, 0.15) is 19.6 Å². The monoisotopic (exact) mass is 220 g/mol. The number of nitrogens with one attached hydrogen (secondary N) is 1. The lowest BCUT2D eigenvalue weighted by Crippen LogP contribution is -2.43. The minimum absolute atomic E-state index is 0.293. The van der Waals surface area contributed by atoms with Gasteiger partial charge in [0.25, 0.3) is 0 Å². The van der Waals surface area contributed by atoms with Crippen LogP contribution in [0, 0.1) is 11.8 Å². The summed E-state index contributed by atoms with van der Waals surface area (Å²) >= 11 is 0. The highest BCUT2D eigenvalue weighted by atomic mass is 16.3. The Morgan fingerprint density at radius 3 is 3.06 bits per heavy atom. The molecule has 88 valence electrons. The summed E-state index contributed by atoms with van der Waals surface area (Å²) in [6.07, 6.45) is 1.76. The molecule has 0 spiro atoms. The molecule has 2 atom stereocenters. The summed E-state index contributed by atoms with van der Waals surface area (Å²) in [5, 5.41) is 3.51. The SMILES string of the molecule is CC1(C)C2CNCC2CN1Cc1ccco1. The zero-order valence-corrected chi connectivity index (χ0v) is 10.1. The van der Waals surface area contributed by atoms with Crippen LogP contribution in [0.5, 0.6) is 0 Å². The molecule has 3 nitrogen and oxygen atoms in total. The van der Waals surface area contributed by atoms with E-state index in [4.69, 9.17) is 4.42 Å². The maximum absolute atomic E-state index is 5.45. The fourth-order valence-electron chi connectivity index (χ4n) is 3.36. The lowest BCUT2D eigenvalue weighted by molar-refractivity contribution is 0.123. The first-order chi connectivity index (χ1) is 7.68. The van der Waals surface area contributed by atoms with Crippen LogP contribution in [-0.4, -0.2) is 30.1 Å². The summed E-state index contributed by atoms with van der Waals surface area (Å²) < 4.78 is 5.45. The van der Waals surface area contributed by atoms with Gasteiger partial charge < -0.3 is 9.73 Å². The van der Waals surface area contributed by atoms with Gasteiger partial charge in [0.2, 0.25) is 0 Å². The molecular weight excluding hydrogens is 200 g/mol. The fraction of sp³-hybridized carbons (Fsp3) is 0.692. The largest absolute Gasteiger partial charge is 0.468 e. The lowest BCUT2D eigenvalue weighted by Gasteiger charge is -2.35. The highest BCUT2D eigenvalue weighted by molar-refractivity contribution is 5.07. The quantitative estimate of drug-likeness (QED) is 0.822. The van der Waals surface area contributed by atoms with Gasteiger partial charge in [-0.25, -0.2) is 0 Å². The smallest absolute Gasteiger partial charge is 0.117 e. The van der Waals surface area contributed by atoms with Crippen molar-refractivity contribution < 1.29 is 4.42 Å². The van der Waals surface area contributed by atoms with Crippen molar-refractivity contribution in [3.8, 4) is 0 Å². The van der Waals surface area contributed by atoms with Gasteiger partial charge in [0.05, 0.1) is 12.8 Å². The molecule has 3 heteroatoms. The maximum Gasteiger partial charge on any atom is 0.117 e. The van der Waals surface area contributed by atoms with Gasteiger partial charge in [-0.05, 0) is 44.4 Å². The third kappa shape index (κ3) is 1.50. The summed E-state index contributed by atoms with van der Waals surface area (Å²) in [7, 11) is 0. The van der Waals surface area contributed by atoms with Crippen LogP contribution in [0.2, 0.25) is 0 Å². The molecule has 0 bridgehead atoms. The fourth-order valence-corrected chi connectivity index (χ4v) is 3.36. The molecular formula is C13H20N2O. The number of hydrogen-bond acceptors (Lipinski definition) is 3. The van der Waals surface area contributed by atoms with E-state index in [1.165, 1.54) is 19.6 Å². The van der Waals surface area contributed by atoms with E-state index in [0.717, 1.165) is 24.1 Å². The van der Waals surface area contributed by atoms with Crippen molar-refractivity contribution in [3.05, 3.63) is 24.2 Å². The second-order valence-corrected chi connectivity index (χ2v) is 5.64. The Balaban J connectivity index is 1.77. The lowest BCUT2D eigenvalue weighted by atomic mass is 9.85. The van der Waals surface area contributed by atoms with E-state index in [1.807, 2.05) is 6.07 Å². The highest BCUT2D eigenvalue weighted by Crippen LogP contribution is 2.41. The average molecular weight is 220 g/mol. The number of furan rings is 1. The van der Waals surface area contributed by atoms with Crippen molar-refractivity contribution in [1.29, 1.82) is 0 Å². The number of rotatable bonds is 2. The molecule has 2 aliphatic heterocycles.